The molecule has 1 saturated heterocycles. The molecule has 2 aromatic carbocycles. The molecule has 4 aromatic rings. The molecule has 38 heavy (non-hydrogen) atoms. The van der Waals surface area contributed by atoms with E-state index in [4.69, 9.17) is 4.74 Å². The molecule has 0 radical (unpaired) electrons. The van der Waals surface area contributed by atoms with Gasteiger partial charge in [0, 0.05) is 42.4 Å². The zero-order valence-corrected chi connectivity index (χ0v) is 22.2. The molecule has 196 valence electrons. The van der Waals surface area contributed by atoms with Crippen LogP contribution in [0.4, 0.5) is 21.5 Å². The van der Waals surface area contributed by atoms with Crippen molar-refractivity contribution < 1.29 is 9.13 Å². The lowest BCUT2D eigenvalue weighted by Crippen LogP contribution is -2.41. The molecule has 0 amide bonds. The zero-order chi connectivity index (χ0) is 26.6. The first-order valence-corrected chi connectivity index (χ1v) is 13.2. The Morgan fingerprint density at radius 1 is 0.974 bits per heavy atom. The van der Waals surface area contributed by atoms with Crippen molar-refractivity contribution >= 4 is 44.0 Å². The minimum absolute atomic E-state index is 0.104. The molecule has 1 saturated carbocycles. The molecule has 1 aliphatic heterocycles. The van der Waals surface area contributed by atoms with E-state index in [-0.39, 0.29) is 28.5 Å². The first-order chi connectivity index (χ1) is 18.3. The summed E-state index contributed by atoms with van der Waals surface area (Å²) in [5, 5.41) is 3.08. The van der Waals surface area contributed by atoms with Gasteiger partial charge in [-0.2, -0.15) is 0 Å². The highest BCUT2D eigenvalue weighted by Crippen LogP contribution is 2.34. The lowest BCUT2D eigenvalue weighted by Gasteiger charge is -2.29. The van der Waals surface area contributed by atoms with Crippen molar-refractivity contribution in [1.82, 2.24) is 13.7 Å². The Hall–Kier alpha value is -3.70. The summed E-state index contributed by atoms with van der Waals surface area (Å²) >= 11 is 3.24. The minimum Gasteiger partial charge on any atom is -0.378 e. The topological polar surface area (TPSA) is 90.5 Å². The van der Waals surface area contributed by atoms with Gasteiger partial charge in [-0.3, -0.25) is 18.7 Å². The number of morpholine rings is 1. The van der Waals surface area contributed by atoms with Crippen molar-refractivity contribution in [3.63, 3.8) is 0 Å². The van der Waals surface area contributed by atoms with E-state index < -0.39 is 22.6 Å². The van der Waals surface area contributed by atoms with E-state index >= 15 is 0 Å². The molecule has 2 fully saturated rings. The van der Waals surface area contributed by atoms with Gasteiger partial charge in [0.2, 0.25) is 0 Å². The van der Waals surface area contributed by atoms with Crippen LogP contribution in [0.15, 0.2) is 67.4 Å². The second-order valence-corrected chi connectivity index (χ2v) is 10.5. The average molecular weight is 582 g/mol. The Labute approximate surface area is 224 Å². The summed E-state index contributed by atoms with van der Waals surface area (Å²) in [5.74, 6) is -0.553. The molecule has 2 aliphatic rings. The third kappa shape index (κ3) is 4.25. The highest BCUT2D eigenvalue weighted by molar-refractivity contribution is 9.10. The third-order valence-corrected chi connectivity index (χ3v) is 7.52. The standard InChI is InChI=1S/C27H25BrFN5O4/c1-31-23(35)15-22(30-21-8-5-16(28)13-20(21)29)24-25(31)33(27(37)34(26(24)36)17-6-7-17)19-4-2-3-18(14-19)32-9-11-38-12-10-32/h2-5,8,13-15,17,30H,6-7,9-12H2,1H3. The summed E-state index contributed by atoms with van der Waals surface area (Å²) in [6.45, 7) is 2.64. The van der Waals surface area contributed by atoms with Crippen molar-refractivity contribution in [2.75, 3.05) is 36.5 Å². The minimum atomic E-state index is -0.553. The predicted octanol–water partition coefficient (Wildman–Crippen LogP) is 3.67. The second-order valence-electron chi connectivity index (χ2n) is 9.55. The molecular weight excluding hydrogens is 557 g/mol. The molecule has 3 heterocycles. The zero-order valence-electron chi connectivity index (χ0n) is 20.6. The highest BCUT2D eigenvalue weighted by Gasteiger charge is 2.31. The Kier molecular flexibility index (Phi) is 6.19. The van der Waals surface area contributed by atoms with Crippen LogP contribution in [0.1, 0.15) is 18.9 Å². The number of aromatic nitrogens is 3. The maximum atomic E-state index is 14.7. The lowest BCUT2D eigenvalue weighted by molar-refractivity contribution is 0.122. The van der Waals surface area contributed by atoms with Gasteiger partial charge in [0.05, 0.1) is 30.3 Å². The highest BCUT2D eigenvalue weighted by atomic mass is 79.9. The number of aryl methyl sites for hydroxylation is 1. The monoisotopic (exact) mass is 581 g/mol. The summed E-state index contributed by atoms with van der Waals surface area (Å²) in [6, 6.07) is 13.0. The molecular formula is C27H25BrFN5O4. The number of benzene rings is 2. The van der Waals surface area contributed by atoms with Crippen LogP contribution in [-0.2, 0) is 11.8 Å². The summed E-state index contributed by atoms with van der Waals surface area (Å²) in [4.78, 5) is 43.0. The molecule has 6 rings (SSSR count). The van der Waals surface area contributed by atoms with Crippen LogP contribution in [0.2, 0.25) is 0 Å². The summed E-state index contributed by atoms with van der Waals surface area (Å²) in [7, 11) is 1.53. The normalized spacial score (nSPS) is 15.7. The van der Waals surface area contributed by atoms with Crippen LogP contribution in [0.3, 0.4) is 0 Å². The molecule has 1 N–H and O–H groups in total. The fourth-order valence-electron chi connectivity index (χ4n) is 4.94. The van der Waals surface area contributed by atoms with Crippen molar-refractivity contribution in [3.05, 3.63) is 90.0 Å². The maximum absolute atomic E-state index is 14.7. The number of ether oxygens (including phenoxy) is 1. The molecule has 11 heteroatoms. The van der Waals surface area contributed by atoms with E-state index in [0.29, 0.717) is 49.3 Å². The fraction of sp³-hybridized carbons (Fsp3) is 0.296. The molecule has 9 nitrogen and oxygen atoms in total. The van der Waals surface area contributed by atoms with E-state index in [1.165, 1.54) is 38.9 Å². The number of nitrogens with zero attached hydrogens (tertiary/aromatic N) is 4. The Morgan fingerprint density at radius 2 is 1.71 bits per heavy atom. The molecule has 0 unspecified atom stereocenters. The number of pyridine rings is 1. The lowest BCUT2D eigenvalue weighted by atomic mass is 10.2. The Morgan fingerprint density at radius 3 is 2.42 bits per heavy atom. The van der Waals surface area contributed by atoms with Gasteiger partial charge in [-0.15, -0.1) is 0 Å². The summed E-state index contributed by atoms with van der Waals surface area (Å²) < 4.78 is 24.7. The van der Waals surface area contributed by atoms with Gasteiger partial charge in [-0.05, 0) is 49.2 Å². The van der Waals surface area contributed by atoms with Gasteiger partial charge in [-0.1, -0.05) is 22.0 Å². The van der Waals surface area contributed by atoms with E-state index in [9.17, 15) is 18.8 Å². The summed E-state index contributed by atoms with van der Waals surface area (Å²) in [5.41, 5.74) is 0.359. The summed E-state index contributed by atoms with van der Waals surface area (Å²) in [6.07, 6.45) is 1.43. The fourth-order valence-corrected chi connectivity index (χ4v) is 5.27. The number of anilines is 3. The quantitative estimate of drug-likeness (QED) is 0.387. The number of hydrogen-bond donors (Lipinski definition) is 1. The SMILES string of the molecule is Cn1c(=O)cc(Nc2ccc(Br)cc2F)c2c(=O)n(C3CC3)c(=O)n(-c3cccc(N4CCOCC4)c3)c21. The van der Waals surface area contributed by atoms with Gasteiger partial charge in [0.15, 0.2) is 0 Å². The van der Waals surface area contributed by atoms with Crippen LogP contribution in [0.25, 0.3) is 16.7 Å². The van der Waals surface area contributed by atoms with Crippen LogP contribution in [0, 0.1) is 5.82 Å². The number of rotatable bonds is 5. The first kappa shape index (κ1) is 24.6. The second kappa shape index (κ2) is 9.55. The number of halogens is 2. The molecule has 2 aromatic heterocycles. The third-order valence-electron chi connectivity index (χ3n) is 7.03. The van der Waals surface area contributed by atoms with Gasteiger partial charge in [0.1, 0.15) is 16.9 Å². The molecule has 0 bridgehead atoms. The van der Waals surface area contributed by atoms with E-state index in [2.05, 4.69) is 26.1 Å². The van der Waals surface area contributed by atoms with E-state index in [1.807, 2.05) is 18.2 Å². The average Bonchev–Trinajstić information content (AvgIpc) is 3.74. The van der Waals surface area contributed by atoms with Crippen LogP contribution in [-0.4, -0.2) is 40.0 Å². The maximum Gasteiger partial charge on any atom is 0.337 e. The predicted molar refractivity (Wildman–Crippen MR) is 148 cm³/mol. The van der Waals surface area contributed by atoms with Crippen LogP contribution < -0.4 is 27.0 Å². The van der Waals surface area contributed by atoms with Crippen molar-refractivity contribution in [2.45, 2.75) is 18.9 Å². The van der Waals surface area contributed by atoms with Crippen LogP contribution in [0.5, 0.6) is 0 Å². The van der Waals surface area contributed by atoms with Gasteiger partial charge in [-0.25, -0.2) is 13.8 Å². The molecule has 0 atom stereocenters. The van der Waals surface area contributed by atoms with Gasteiger partial charge < -0.3 is 15.0 Å². The first-order valence-electron chi connectivity index (χ1n) is 12.4. The molecule has 0 spiro atoms. The van der Waals surface area contributed by atoms with Gasteiger partial charge in [0.25, 0.3) is 11.1 Å². The molecule has 1 aliphatic carbocycles. The van der Waals surface area contributed by atoms with Crippen molar-refractivity contribution in [2.24, 2.45) is 7.05 Å². The van der Waals surface area contributed by atoms with Crippen molar-refractivity contribution in [1.29, 1.82) is 0 Å². The smallest absolute Gasteiger partial charge is 0.337 e. The number of hydrogen-bond acceptors (Lipinski definition) is 6. The Bertz CT molecular complexity index is 1750. The largest absolute Gasteiger partial charge is 0.378 e. The number of nitrogens with one attached hydrogen (secondary N) is 1. The van der Waals surface area contributed by atoms with E-state index in [1.54, 1.807) is 12.1 Å². The Balaban J connectivity index is 1.64. The van der Waals surface area contributed by atoms with Gasteiger partial charge >= 0.3 is 5.69 Å². The van der Waals surface area contributed by atoms with E-state index in [0.717, 1.165) is 5.69 Å². The number of fused-ring (bicyclic) bond motifs is 1. The van der Waals surface area contributed by atoms with Crippen LogP contribution >= 0.6 is 15.9 Å². The van der Waals surface area contributed by atoms with Crippen molar-refractivity contribution in [3.8, 4) is 5.69 Å².